The molecule has 0 aliphatic heterocycles. The first-order valence-electron chi connectivity index (χ1n) is 6.94. The molecule has 8 heteroatoms. The summed E-state index contributed by atoms with van der Waals surface area (Å²) in [4.78, 5) is 12.3. The second kappa shape index (κ2) is 7.21. The first kappa shape index (κ1) is 17.6. The standard InChI is InChI=1S/C14H18ClNO4S2/c1-20-14(17)10-7-13(22(16,18)19)11(15)8-12(10)21-9-5-3-2-4-6-9/h7-9H,2-6H2,1H3,(H2,16,18,19). The SMILES string of the molecule is COC(=O)c1cc(S(N)(=O)=O)c(Cl)cc1SC1CCCCC1. The first-order valence-corrected chi connectivity index (χ1v) is 9.74. The Morgan fingerprint density at radius 3 is 2.50 bits per heavy atom. The average Bonchev–Trinajstić information content (AvgIpc) is 2.46. The second-order valence-electron chi connectivity index (χ2n) is 5.19. The lowest BCUT2D eigenvalue weighted by Crippen LogP contribution is -2.15. The number of rotatable bonds is 4. The Balaban J connectivity index is 2.43. The lowest BCUT2D eigenvalue weighted by atomic mass is 10.0. The number of carbonyl (C=O) groups is 1. The quantitative estimate of drug-likeness (QED) is 0.830. The maximum Gasteiger partial charge on any atom is 0.339 e. The van der Waals surface area contributed by atoms with Crippen LogP contribution in [0.15, 0.2) is 21.9 Å². The number of primary sulfonamides is 1. The minimum absolute atomic E-state index is 0.0217. The van der Waals surface area contributed by atoms with Crippen molar-refractivity contribution in [1.82, 2.24) is 0 Å². The molecule has 0 radical (unpaired) electrons. The van der Waals surface area contributed by atoms with Gasteiger partial charge in [0.15, 0.2) is 0 Å². The summed E-state index contributed by atoms with van der Waals surface area (Å²) < 4.78 is 27.8. The van der Waals surface area contributed by atoms with Crippen molar-refractivity contribution in [2.24, 2.45) is 5.14 Å². The largest absolute Gasteiger partial charge is 0.465 e. The number of benzene rings is 1. The third-order valence-electron chi connectivity index (χ3n) is 3.59. The number of methoxy groups -OCH3 is 1. The van der Waals surface area contributed by atoms with Gasteiger partial charge in [0.1, 0.15) is 4.90 Å². The smallest absolute Gasteiger partial charge is 0.339 e. The number of carbonyl (C=O) groups excluding carboxylic acids is 1. The van der Waals surface area contributed by atoms with E-state index in [1.807, 2.05) is 0 Å². The fraction of sp³-hybridized carbons (Fsp3) is 0.500. The molecule has 5 nitrogen and oxygen atoms in total. The summed E-state index contributed by atoms with van der Waals surface area (Å²) in [6.45, 7) is 0. The molecule has 1 saturated carbocycles. The molecule has 0 spiro atoms. The lowest BCUT2D eigenvalue weighted by molar-refractivity contribution is 0.0596. The van der Waals surface area contributed by atoms with Crippen LogP contribution in [0, 0.1) is 0 Å². The summed E-state index contributed by atoms with van der Waals surface area (Å²) in [5.41, 5.74) is 0.187. The van der Waals surface area contributed by atoms with Crippen molar-refractivity contribution < 1.29 is 17.9 Å². The van der Waals surface area contributed by atoms with Crippen LogP contribution >= 0.6 is 23.4 Å². The molecule has 0 bridgehead atoms. The van der Waals surface area contributed by atoms with Crippen molar-refractivity contribution in [1.29, 1.82) is 0 Å². The molecule has 1 fully saturated rings. The molecular weight excluding hydrogens is 346 g/mol. The van der Waals surface area contributed by atoms with E-state index in [1.54, 1.807) is 11.8 Å². The van der Waals surface area contributed by atoms with Crippen LogP contribution in [0.3, 0.4) is 0 Å². The molecule has 22 heavy (non-hydrogen) atoms. The van der Waals surface area contributed by atoms with Crippen molar-refractivity contribution in [3.05, 3.63) is 22.7 Å². The number of nitrogens with two attached hydrogens (primary N) is 1. The molecule has 122 valence electrons. The average molecular weight is 364 g/mol. The number of sulfonamides is 1. The van der Waals surface area contributed by atoms with Gasteiger partial charge in [0.2, 0.25) is 10.0 Å². The third-order valence-corrected chi connectivity index (χ3v) is 6.36. The lowest BCUT2D eigenvalue weighted by Gasteiger charge is -2.22. The molecule has 1 aliphatic carbocycles. The van der Waals surface area contributed by atoms with Gasteiger partial charge < -0.3 is 4.74 Å². The van der Waals surface area contributed by atoms with Crippen molar-refractivity contribution in [2.75, 3.05) is 7.11 Å². The Bertz CT molecular complexity index is 670. The van der Waals surface area contributed by atoms with Gasteiger partial charge in [-0.2, -0.15) is 0 Å². The van der Waals surface area contributed by atoms with Gasteiger partial charge in [-0.15, -0.1) is 11.8 Å². The Kier molecular flexibility index (Phi) is 5.76. The van der Waals surface area contributed by atoms with E-state index in [2.05, 4.69) is 0 Å². The monoisotopic (exact) mass is 363 g/mol. The summed E-state index contributed by atoms with van der Waals surface area (Å²) in [7, 11) is -2.74. The Labute approximate surface area is 139 Å². The molecule has 0 unspecified atom stereocenters. The summed E-state index contributed by atoms with van der Waals surface area (Å²) in [6.07, 6.45) is 5.69. The highest BCUT2D eigenvalue weighted by atomic mass is 35.5. The van der Waals surface area contributed by atoms with Crippen LogP contribution in [0.25, 0.3) is 0 Å². The van der Waals surface area contributed by atoms with Crippen molar-refractivity contribution in [3.8, 4) is 0 Å². The normalized spacial score (nSPS) is 16.5. The highest BCUT2D eigenvalue weighted by Crippen LogP contribution is 2.38. The van der Waals surface area contributed by atoms with Crippen LogP contribution in [-0.2, 0) is 14.8 Å². The molecule has 1 aliphatic rings. The van der Waals surface area contributed by atoms with Gasteiger partial charge in [-0.1, -0.05) is 30.9 Å². The van der Waals surface area contributed by atoms with E-state index in [4.69, 9.17) is 21.5 Å². The van der Waals surface area contributed by atoms with Crippen LogP contribution in [0.2, 0.25) is 5.02 Å². The van der Waals surface area contributed by atoms with Gasteiger partial charge in [0.05, 0.1) is 17.7 Å². The number of halogens is 1. The van der Waals surface area contributed by atoms with Crippen LogP contribution in [0.4, 0.5) is 0 Å². The third kappa shape index (κ3) is 4.16. The summed E-state index contributed by atoms with van der Waals surface area (Å²) in [5.74, 6) is -0.597. The van der Waals surface area contributed by atoms with Crippen LogP contribution < -0.4 is 5.14 Å². The van der Waals surface area contributed by atoms with Gasteiger partial charge in [0.25, 0.3) is 0 Å². The number of hydrogen-bond donors (Lipinski definition) is 1. The fourth-order valence-electron chi connectivity index (χ4n) is 2.48. The van der Waals surface area contributed by atoms with E-state index in [0.717, 1.165) is 25.7 Å². The van der Waals surface area contributed by atoms with Crippen LogP contribution in [0.1, 0.15) is 42.5 Å². The van der Waals surface area contributed by atoms with Gasteiger partial charge in [-0.25, -0.2) is 18.4 Å². The number of esters is 1. The Morgan fingerprint density at radius 2 is 1.95 bits per heavy atom. The zero-order valence-corrected chi connectivity index (χ0v) is 14.6. The van der Waals surface area contributed by atoms with E-state index < -0.39 is 16.0 Å². The zero-order chi connectivity index (χ0) is 16.3. The van der Waals surface area contributed by atoms with Gasteiger partial charge in [-0.05, 0) is 25.0 Å². The predicted octanol–water partition coefficient (Wildman–Crippen LogP) is 3.20. The minimum Gasteiger partial charge on any atom is -0.465 e. The number of hydrogen-bond acceptors (Lipinski definition) is 5. The van der Waals surface area contributed by atoms with E-state index in [9.17, 15) is 13.2 Å². The maximum atomic E-state index is 12.0. The number of ether oxygens (including phenoxy) is 1. The van der Waals surface area contributed by atoms with Gasteiger partial charge in [-0.3, -0.25) is 0 Å². The summed E-state index contributed by atoms with van der Waals surface area (Å²) >= 11 is 7.57. The predicted molar refractivity (Wildman–Crippen MR) is 86.9 cm³/mol. The number of thioether (sulfide) groups is 1. The van der Waals surface area contributed by atoms with Crippen molar-refractivity contribution in [3.63, 3.8) is 0 Å². The van der Waals surface area contributed by atoms with E-state index in [0.29, 0.717) is 10.1 Å². The van der Waals surface area contributed by atoms with E-state index in [1.165, 1.54) is 25.7 Å². The molecule has 0 heterocycles. The molecule has 2 N–H and O–H groups in total. The minimum atomic E-state index is -4.00. The highest BCUT2D eigenvalue weighted by molar-refractivity contribution is 8.00. The maximum absolute atomic E-state index is 12.0. The molecule has 2 rings (SSSR count). The first-order chi connectivity index (χ1) is 10.3. The van der Waals surface area contributed by atoms with Crippen molar-refractivity contribution in [2.45, 2.75) is 47.1 Å². The topological polar surface area (TPSA) is 86.5 Å². The zero-order valence-electron chi connectivity index (χ0n) is 12.2. The Morgan fingerprint density at radius 1 is 1.32 bits per heavy atom. The highest BCUT2D eigenvalue weighted by Gasteiger charge is 2.24. The molecular formula is C14H18ClNO4S2. The summed E-state index contributed by atoms with van der Waals surface area (Å²) in [6, 6.07) is 2.70. The molecule has 0 aromatic heterocycles. The van der Waals surface area contributed by atoms with Crippen LogP contribution in [0.5, 0.6) is 0 Å². The summed E-state index contributed by atoms with van der Waals surface area (Å²) in [5, 5.41) is 5.55. The van der Waals surface area contributed by atoms with E-state index in [-0.39, 0.29) is 15.5 Å². The molecule has 0 saturated heterocycles. The Hall–Kier alpha value is -0.760. The van der Waals surface area contributed by atoms with Gasteiger partial charge in [0, 0.05) is 10.1 Å². The molecule has 1 aromatic rings. The van der Waals surface area contributed by atoms with E-state index >= 15 is 0 Å². The molecule has 1 aromatic carbocycles. The fourth-order valence-corrected chi connectivity index (χ4v) is 5.03. The molecule has 0 atom stereocenters. The second-order valence-corrected chi connectivity index (χ2v) is 8.47. The van der Waals surface area contributed by atoms with Crippen molar-refractivity contribution >= 4 is 39.4 Å². The van der Waals surface area contributed by atoms with Crippen LogP contribution in [-0.4, -0.2) is 26.7 Å². The van der Waals surface area contributed by atoms with Gasteiger partial charge >= 0.3 is 5.97 Å². The molecule has 0 amide bonds.